The van der Waals surface area contributed by atoms with Crippen LogP contribution in [0.15, 0.2) is 17.4 Å². The molecule has 0 radical (unpaired) electrons. The van der Waals surface area contributed by atoms with Crippen molar-refractivity contribution in [1.82, 2.24) is 9.97 Å². The highest BCUT2D eigenvalue weighted by Gasteiger charge is 2.13. The molecule has 0 fully saturated rings. The lowest BCUT2D eigenvalue weighted by atomic mass is 10.6. The van der Waals surface area contributed by atoms with Crippen LogP contribution in [0.1, 0.15) is 0 Å². The van der Waals surface area contributed by atoms with Crippen LogP contribution in [0.3, 0.4) is 0 Å². The van der Waals surface area contributed by atoms with Crippen LogP contribution in [0, 0.1) is 0 Å². The van der Waals surface area contributed by atoms with E-state index in [2.05, 4.69) is 14.7 Å². The van der Waals surface area contributed by atoms with Gasteiger partial charge in [-0.05, 0) is 0 Å². The van der Waals surface area contributed by atoms with Crippen molar-refractivity contribution in [3.63, 3.8) is 0 Å². The Bertz CT molecular complexity index is 421. The fourth-order valence-electron chi connectivity index (χ4n) is 0.661. The molecule has 0 aliphatic heterocycles. The molecule has 0 saturated carbocycles. The van der Waals surface area contributed by atoms with Crippen molar-refractivity contribution in [1.29, 1.82) is 0 Å². The maximum absolute atomic E-state index is 11.7. The molecule has 1 aromatic rings. The molecule has 1 heterocycles. The van der Waals surface area contributed by atoms with E-state index in [1.54, 1.807) is 0 Å². The van der Waals surface area contributed by atoms with Crippen molar-refractivity contribution >= 4 is 9.84 Å². The lowest BCUT2D eigenvalue weighted by Crippen LogP contribution is -2.08. The molecule has 0 bridgehead atoms. The van der Waals surface area contributed by atoms with Gasteiger partial charge in [-0.2, -0.15) is 13.8 Å². The second kappa shape index (κ2) is 3.82. The molecule has 8 heteroatoms. The second-order valence-corrected chi connectivity index (χ2v) is 4.24. The fourth-order valence-corrected chi connectivity index (χ4v) is 1.17. The Morgan fingerprint density at radius 2 is 2.14 bits per heavy atom. The van der Waals surface area contributed by atoms with Crippen molar-refractivity contribution < 1.29 is 21.9 Å². The number of ether oxygens (including phenoxy) is 1. The second-order valence-electron chi connectivity index (χ2n) is 2.33. The highest BCUT2D eigenvalue weighted by Crippen LogP contribution is 2.11. The van der Waals surface area contributed by atoms with Crippen LogP contribution >= 0.6 is 0 Å². The summed E-state index contributed by atoms with van der Waals surface area (Å²) in [6.45, 7) is -3.04. The van der Waals surface area contributed by atoms with E-state index in [0.717, 1.165) is 18.5 Å². The highest BCUT2D eigenvalue weighted by molar-refractivity contribution is 7.90. The Morgan fingerprint density at radius 3 is 2.64 bits per heavy atom. The van der Waals surface area contributed by atoms with Gasteiger partial charge in [-0.25, -0.2) is 13.4 Å². The van der Waals surface area contributed by atoms with Crippen LogP contribution < -0.4 is 4.74 Å². The zero-order valence-electron chi connectivity index (χ0n) is 7.02. The lowest BCUT2D eigenvalue weighted by Gasteiger charge is -2.03. The van der Waals surface area contributed by atoms with Crippen molar-refractivity contribution in [2.75, 3.05) is 6.26 Å². The SMILES string of the molecule is CS(=O)(=O)c1nccc(OC(F)F)n1. The van der Waals surface area contributed by atoms with Crippen LogP contribution in [-0.4, -0.2) is 31.3 Å². The molecule has 0 spiro atoms. The van der Waals surface area contributed by atoms with Gasteiger partial charge in [-0.3, -0.25) is 0 Å². The van der Waals surface area contributed by atoms with E-state index in [0.29, 0.717) is 0 Å². The molecule has 0 N–H and O–H groups in total. The highest BCUT2D eigenvalue weighted by atomic mass is 32.2. The minimum atomic E-state index is -3.61. The normalized spacial score (nSPS) is 11.7. The van der Waals surface area contributed by atoms with Gasteiger partial charge in [0.15, 0.2) is 0 Å². The summed E-state index contributed by atoms with van der Waals surface area (Å²) in [5, 5.41) is -0.546. The van der Waals surface area contributed by atoms with E-state index in [-0.39, 0.29) is 0 Å². The number of hydrogen-bond donors (Lipinski definition) is 0. The molecule has 5 nitrogen and oxygen atoms in total. The van der Waals surface area contributed by atoms with Gasteiger partial charge in [0, 0.05) is 18.5 Å². The van der Waals surface area contributed by atoms with E-state index >= 15 is 0 Å². The van der Waals surface area contributed by atoms with E-state index in [1.165, 1.54) is 0 Å². The Hall–Kier alpha value is -1.31. The quantitative estimate of drug-likeness (QED) is 0.698. The van der Waals surface area contributed by atoms with Gasteiger partial charge in [0.1, 0.15) is 0 Å². The van der Waals surface area contributed by atoms with Gasteiger partial charge in [-0.1, -0.05) is 0 Å². The number of sulfone groups is 1. The summed E-state index contributed by atoms with van der Waals surface area (Å²) in [6.07, 6.45) is 1.90. The average molecular weight is 224 g/mol. The molecule has 1 aromatic heterocycles. The summed E-state index contributed by atoms with van der Waals surface area (Å²) < 4.78 is 49.1. The maximum Gasteiger partial charge on any atom is 0.388 e. The molecule has 78 valence electrons. The lowest BCUT2D eigenvalue weighted by molar-refractivity contribution is -0.0533. The Morgan fingerprint density at radius 1 is 1.50 bits per heavy atom. The van der Waals surface area contributed by atoms with E-state index in [9.17, 15) is 17.2 Å². The van der Waals surface area contributed by atoms with Gasteiger partial charge in [-0.15, -0.1) is 0 Å². The van der Waals surface area contributed by atoms with E-state index in [4.69, 9.17) is 0 Å². The molecule has 14 heavy (non-hydrogen) atoms. The predicted molar refractivity (Wildman–Crippen MR) is 41.8 cm³/mol. The minimum Gasteiger partial charge on any atom is -0.417 e. The first-order valence-corrected chi connectivity index (χ1v) is 5.26. The van der Waals surface area contributed by atoms with Gasteiger partial charge >= 0.3 is 6.61 Å². The monoisotopic (exact) mass is 224 g/mol. The molecule has 0 aliphatic rings. The van der Waals surface area contributed by atoms with Gasteiger partial charge < -0.3 is 4.74 Å². The Labute approximate surface area is 78.7 Å². The predicted octanol–water partition coefficient (Wildman–Crippen LogP) is 0.482. The molecular weight excluding hydrogens is 218 g/mol. The standard InChI is InChI=1S/C6H6F2N2O3S/c1-14(11,12)6-9-3-2-4(10-6)13-5(7)8/h2-3,5H,1H3. The Balaban J connectivity index is 3.02. The smallest absolute Gasteiger partial charge is 0.388 e. The molecule has 0 unspecified atom stereocenters. The first kappa shape index (κ1) is 10.8. The summed E-state index contributed by atoms with van der Waals surface area (Å²) in [7, 11) is -3.61. The van der Waals surface area contributed by atoms with Crippen LogP contribution in [0.2, 0.25) is 0 Å². The first-order chi connectivity index (χ1) is 6.39. The molecular formula is C6H6F2N2O3S. The van der Waals surface area contributed by atoms with Crippen LogP contribution in [0.4, 0.5) is 8.78 Å². The number of halogens is 2. The molecule has 0 atom stereocenters. The van der Waals surface area contributed by atoms with Crippen LogP contribution in [0.5, 0.6) is 5.88 Å². The average Bonchev–Trinajstić information content (AvgIpc) is 2.01. The molecule has 0 amide bonds. The summed E-state index contributed by atoms with van der Waals surface area (Å²) in [5.41, 5.74) is 0. The van der Waals surface area contributed by atoms with Gasteiger partial charge in [0.25, 0.3) is 0 Å². The number of rotatable bonds is 3. The van der Waals surface area contributed by atoms with Gasteiger partial charge in [0.05, 0.1) is 0 Å². The zero-order chi connectivity index (χ0) is 10.8. The number of aromatic nitrogens is 2. The third-order valence-corrected chi connectivity index (χ3v) is 2.01. The topological polar surface area (TPSA) is 69.2 Å². The summed E-state index contributed by atoms with van der Waals surface area (Å²) in [4.78, 5) is 6.68. The Kier molecular flexibility index (Phi) is 2.94. The third-order valence-electron chi connectivity index (χ3n) is 1.15. The van der Waals surface area contributed by atoms with Crippen LogP contribution in [0.25, 0.3) is 0 Å². The maximum atomic E-state index is 11.7. The molecule has 0 saturated heterocycles. The summed E-state index contributed by atoms with van der Waals surface area (Å²) >= 11 is 0. The fraction of sp³-hybridized carbons (Fsp3) is 0.333. The number of hydrogen-bond acceptors (Lipinski definition) is 5. The molecule has 1 rings (SSSR count). The zero-order valence-corrected chi connectivity index (χ0v) is 7.83. The summed E-state index contributed by atoms with van der Waals surface area (Å²) in [5.74, 6) is -0.476. The van der Waals surface area contributed by atoms with E-state index < -0.39 is 27.5 Å². The van der Waals surface area contributed by atoms with Crippen molar-refractivity contribution in [2.24, 2.45) is 0 Å². The van der Waals surface area contributed by atoms with E-state index in [1.807, 2.05) is 0 Å². The molecule has 0 aromatic carbocycles. The third kappa shape index (κ3) is 2.87. The van der Waals surface area contributed by atoms with Gasteiger partial charge in [0.2, 0.25) is 20.9 Å². The summed E-state index contributed by atoms with van der Waals surface area (Å²) in [6, 6.07) is 1.04. The van der Waals surface area contributed by atoms with Crippen molar-refractivity contribution in [3.05, 3.63) is 12.3 Å². The largest absolute Gasteiger partial charge is 0.417 e. The van der Waals surface area contributed by atoms with Crippen molar-refractivity contribution in [2.45, 2.75) is 11.8 Å². The number of alkyl halides is 2. The minimum absolute atomic E-state index is 0.476. The molecule has 0 aliphatic carbocycles. The van der Waals surface area contributed by atoms with Crippen LogP contribution in [-0.2, 0) is 9.84 Å². The number of nitrogens with zero attached hydrogens (tertiary/aromatic N) is 2. The van der Waals surface area contributed by atoms with Crippen molar-refractivity contribution in [3.8, 4) is 5.88 Å². The first-order valence-electron chi connectivity index (χ1n) is 3.37.